The summed E-state index contributed by atoms with van der Waals surface area (Å²) in [4.78, 5) is 28.3. The number of aromatic nitrogens is 1. The summed E-state index contributed by atoms with van der Waals surface area (Å²) in [7, 11) is 0. The topological polar surface area (TPSA) is 92.4 Å². The predicted molar refractivity (Wildman–Crippen MR) is 82.9 cm³/mol. The molecule has 1 amide bonds. The van der Waals surface area contributed by atoms with Gasteiger partial charge in [0.2, 0.25) is 0 Å². The van der Waals surface area contributed by atoms with Gasteiger partial charge in [0.15, 0.2) is 11.2 Å². The number of pyridine rings is 1. The van der Waals surface area contributed by atoms with Crippen molar-refractivity contribution in [2.75, 3.05) is 0 Å². The first kappa shape index (κ1) is 15.4. The Morgan fingerprint density at radius 3 is 2.78 bits per heavy atom. The zero-order valence-electron chi connectivity index (χ0n) is 12.7. The lowest BCUT2D eigenvalue weighted by Gasteiger charge is -2.37. The molecule has 0 unspecified atom stereocenters. The zero-order chi connectivity index (χ0) is 16.4. The minimum Gasteiger partial charge on any atom is -0.456 e. The molecule has 2 heterocycles. The number of aryl methyl sites for hydroxylation is 1. The Balaban J connectivity index is 1.83. The van der Waals surface area contributed by atoms with Crippen LogP contribution in [0.15, 0.2) is 45.7 Å². The molecule has 6 nitrogen and oxygen atoms in total. The van der Waals surface area contributed by atoms with Crippen molar-refractivity contribution in [3.8, 4) is 0 Å². The molecule has 1 fully saturated rings. The van der Waals surface area contributed by atoms with Crippen LogP contribution in [0.1, 0.15) is 40.9 Å². The van der Waals surface area contributed by atoms with Crippen LogP contribution in [0.2, 0.25) is 0 Å². The minimum atomic E-state index is -0.456. The molecule has 6 heteroatoms. The minimum absolute atomic E-state index is 0.0178. The van der Waals surface area contributed by atoms with Gasteiger partial charge < -0.3 is 14.8 Å². The van der Waals surface area contributed by atoms with Crippen molar-refractivity contribution in [3.05, 3.63) is 64.0 Å². The summed E-state index contributed by atoms with van der Waals surface area (Å²) in [5.41, 5.74) is 0.458. The Bertz CT molecular complexity index is 751. The third kappa shape index (κ3) is 3.48. The van der Waals surface area contributed by atoms with E-state index >= 15 is 0 Å². The van der Waals surface area contributed by atoms with Crippen LogP contribution in [-0.4, -0.2) is 22.1 Å². The number of nitrogens with one attached hydrogen (secondary N) is 1. The van der Waals surface area contributed by atoms with E-state index in [1.54, 1.807) is 19.2 Å². The highest BCUT2D eigenvalue weighted by Crippen LogP contribution is 2.37. The first-order valence-corrected chi connectivity index (χ1v) is 7.54. The number of hydrogen-bond acceptors (Lipinski definition) is 5. The fourth-order valence-corrected chi connectivity index (χ4v) is 2.82. The zero-order valence-corrected chi connectivity index (χ0v) is 12.7. The summed E-state index contributed by atoms with van der Waals surface area (Å²) in [5.74, 6) is 0.0233. The van der Waals surface area contributed by atoms with Crippen LogP contribution in [0.4, 0.5) is 0 Å². The third-order valence-corrected chi connectivity index (χ3v) is 4.03. The number of carbonyl (C=O) groups excluding carboxylic acids is 1. The predicted octanol–water partition coefficient (Wildman–Crippen LogP) is 1.59. The van der Waals surface area contributed by atoms with Gasteiger partial charge in [-0.15, -0.1) is 0 Å². The maximum Gasteiger partial charge on any atom is 0.287 e. The summed E-state index contributed by atoms with van der Waals surface area (Å²) in [6, 6.07) is 7.67. The van der Waals surface area contributed by atoms with Gasteiger partial charge in [-0.1, -0.05) is 6.07 Å². The van der Waals surface area contributed by atoms with Gasteiger partial charge in [-0.3, -0.25) is 14.6 Å². The van der Waals surface area contributed by atoms with Crippen LogP contribution in [-0.2, 0) is 0 Å². The van der Waals surface area contributed by atoms with Crippen LogP contribution < -0.4 is 10.7 Å². The molecule has 0 aliphatic heterocycles. The van der Waals surface area contributed by atoms with Crippen molar-refractivity contribution >= 4 is 5.91 Å². The average molecular weight is 314 g/mol. The highest BCUT2D eigenvalue weighted by atomic mass is 16.3. The molecule has 0 spiro atoms. The number of aliphatic hydroxyl groups is 1. The first-order valence-electron chi connectivity index (χ1n) is 7.54. The van der Waals surface area contributed by atoms with Gasteiger partial charge in [-0.25, -0.2) is 0 Å². The summed E-state index contributed by atoms with van der Waals surface area (Å²) < 4.78 is 5.33. The summed E-state index contributed by atoms with van der Waals surface area (Å²) in [6.45, 7) is 1.62. The summed E-state index contributed by atoms with van der Waals surface area (Å²) in [5, 5.41) is 12.4. The Morgan fingerprint density at radius 2 is 2.17 bits per heavy atom. The number of amides is 1. The SMILES string of the molecule is Cc1cc(=O)cc(C(=O)N[C@H](c2ccccn2)C2CC(O)C2)o1. The summed E-state index contributed by atoms with van der Waals surface area (Å²) in [6.07, 6.45) is 2.55. The number of hydrogen-bond donors (Lipinski definition) is 2. The highest BCUT2D eigenvalue weighted by molar-refractivity contribution is 5.91. The van der Waals surface area contributed by atoms with Gasteiger partial charge in [0, 0.05) is 18.3 Å². The molecule has 0 bridgehead atoms. The number of carbonyl (C=O) groups is 1. The normalized spacial score (nSPS) is 21.3. The highest BCUT2D eigenvalue weighted by Gasteiger charge is 2.36. The van der Waals surface area contributed by atoms with Crippen LogP contribution in [0.5, 0.6) is 0 Å². The van der Waals surface area contributed by atoms with Gasteiger partial charge in [-0.05, 0) is 37.8 Å². The second kappa shape index (κ2) is 6.34. The number of aliphatic hydroxyl groups excluding tert-OH is 1. The molecule has 0 radical (unpaired) electrons. The van der Waals surface area contributed by atoms with Crippen molar-refractivity contribution in [1.29, 1.82) is 0 Å². The lowest BCUT2D eigenvalue weighted by molar-refractivity contribution is 0.0225. The smallest absolute Gasteiger partial charge is 0.287 e. The number of nitrogens with zero attached hydrogens (tertiary/aromatic N) is 1. The van der Waals surface area contributed by atoms with Gasteiger partial charge in [-0.2, -0.15) is 0 Å². The van der Waals surface area contributed by atoms with Crippen LogP contribution in [0.25, 0.3) is 0 Å². The van der Waals surface area contributed by atoms with Crippen LogP contribution in [0.3, 0.4) is 0 Å². The molecule has 2 aromatic heterocycles. The molecule has 3 rings (SSSR count). The molecule has 0 aromatic carbocycles. The molecular formula is C17H18N2O4. The van der Waals surface area contributed by atoms with Gasteiger partial charge >= 0.3 is 0 Å². The van der Waals surface area contributed by atoms with E-state index in [4.69, 9.17) is 4.42 Å². The van der Waals surface area contributed by atoms with Crippen LogP contribution >= 0.6 is 0 Å². The molecule has 1 aliphatic carbocycles. The molecule has 1 saturated carbocycles. The van der Waals surface area contributed by atoms with E-state index in [1.165, 1.54) is 12.1 Å². The standard InChI is InChI=1S/C17H18N2O4/c1-10-6-12(20)9-15(23-10)17(22)19-16(11-7-13(21)8-11)14-4-2-3-5-18-14/h2-6,9,11,13,16,21H,7-8H2,1H3,(H,19,22)/t11?,13?,16-/m0/s1. The van der Waals surface area contributed by atoms with Crippen molar-refractivity contribution in [2.24, 2.45) is 5.92 Å². The quantitative estimate of drug-likeness (QED) is 0.894. The molecule has 23 heavy (non-hydrogen) atoms. The second-order valence-electron chi connectivity index (χ2n) is 5.86. The largest absolute Gasteiger partial charge is 0.456 e. The molecule has 1 atom stereocenters. The van der Waals surface area contributed by atoms with E-state index in [1.807, 2.05) is 12.1 Å². The molecular weight excluding hydrogens is 296 g/mol. The molecule has 1 aliphatic rings. The Morgan fingerprint density at radius 1 is 1.39 bits per heavy atom. The van der Waals surface area contributed by atoms with Gasteiger partial charge in [0.25, 0.3) is 5.91 Å². The van der Waals surface area contributed by atoms with Gasteiger partial charge in [0.1, 0.15) is 5.76 Å². The Kier molecular flexibility index (Phi) is 4.25. The number of rotatable bonds is 4. The molecule has 2 N–H and O–H groups in total. The lowest BCUT2D eigenvalue weighted by Crippen LogP contribution is -2.41. The average Bonchev–Trinajstić information content (AvgIpc) is 2.49. The van der Waals surface area contributed by atoms with E-state index in [0.717, 1.165) is 5.69 Å². The fraction of sp³-hybridized carbons (Fsp3) is 0.353. The van der Waals surface area contributed by atoms with Crippen molar-refractivity contribution in [1.82, 2.24) is 10.3 Å². The fourth-order valence-electron chi connectivity index (χ4n) is 2.82. The van der Waals surface area contributed by atoms with Gasteiger partial charge in [0.05, 0.1) is 17.8 Å². The Hall–Kier alpha value is -2.47. The first-order chi connectivity index (χ1) is 11.0. The maximum absolute atomic E-state index is 12.4. The molecule has 0 saturated heterocycles. The van der Waals surface area contributed by atoms with Crippen molar-refractivity contribution < 1.29 is 14.3 Å². The van der Waals surface area contributed by atoms with E-state index in [0.29, 0.717) is 18.6 Å². The molecule has 2 aromatic rings. The maximum atomic E-state index is 12.4. The monoisotopic (exact) mass is 314 g/mol. The van der Waals surface area contributed by atoms with E-state index in [2.05, 4.69) is 10.3 Å². The van der Waals surface area contributed by atoms with Crippen molar-refractivity contribution in [3.63, 3.8) is 0 Å². The van der Waals surface area contributed by atoms with Crippen molar-refractivity contribution in [2.45, 2.75) is 31.9 Å². The lowest BCUT2D eigenvalue weighted by atomic mass is 9.76. The van der Waals surface area contributed by atoms with E-state index < -0.39 is 5.91 Å². The molecule has 120 valence electrons. The van der Waals surface area contributed by atoms with E-state index in [-0.39, 0.29) is 29.3 Å². The summed E-state index contributed by atoms with van der Waals surface area (Å²) >= 11 is 0. The second-order valence-corrected chi connectivity index (χ2v) is 5.86. The third-order valence-electron chi connectivity index (χ3n) is 4.03. The van der Waals surface area contributed by atoms with Crippen LogP contribution in [0, 0.1) is 12.8 Å². The van der Waals surface area contributed by atoms with E-state index in [9.17, 15) is 14.7 Å². The Labute approximate surface area is 133 Å².